The number of halogens is 1. The van der Waals surface area contributed by atoms with Crippen molar-refractivity contribution in [2.75, 3.05) is 5.32 Å². The molecule has 0 bridgehead atoms. The van der Waals surface area contributed by atoms with Gasteiger partial charge in [0.05, 0.1) is 20.9 Å². The summed E-state index contributed by atoms with van der Waals surface area (Å²) in [6.45, 7) is 1.69. The number of amides is 1. The van der Waals surface area contributed by atoms with Crippen LogP contribution < -0.4 is 11.1 Å². The lowest BCUT2D eigenvalue weighted by molar-refractivity contribution is -0.118. The predicted octanol–water partition coefficient (Wildman–Crippen LogP) is 3.90. The summed E-state index contributed by atoms with van der Waals surface area (Å²) < 4.78 is 1.14. The lowest BCUT2D eigenvalue weighted by Gasteiger charge is -2.13. The molecule has 0 saturated carbocycles. The number of benzene rings is 2. The Hall–Kier alpha value is -2.11. The zero-order valence-corrected chi connectivity index (χ0v) is 13.4. The summed E-state index contributed by atoms with van der Waals surface area (Å²) in [7, 11) is 0. The summed E-state index contributed by atoms with van der Waals surface area (Å²) in [5.41, 5.74) is 7.85. The maximum atomic E-state index is 11.1. The maximum absolute atomic E-state index is 11.1. The minimum atomic E-state index is -0.481. The van der Waals surface area contributed by atoms with E-state index in [1.54, 1.807) is 18.3 Å². The van der Waals surface area contributed by atoms with Crippen molar-refractivity contribution in [3.63, 3.8) is 0 Å². The molecule has 6 heteroatoms. The van der Waals surface area contributed by atoms with E-state index in [0.717, 1.165) is 20.8 Å². The van der Waals surface area contributed by atoms with Crippen LogP contribution in [0.15, 0.2) is 42.5 Å². The number of nitrogens with one attached hydrogen (secondary N) is 1. The predicted molar refractivity (Wildman–Crippen MR) is 92.3 cm³/mol. The van der Waals surface area contributed by atoms with E-state index in [1.807, 2.05) is 42.5 Å². The van der Waals surface area contributed by atoms with Gasteiger partial charge in [0.2, 0.25) is 5.91 Å². The molecule has 0 aliphatic rings. The normalized spacial score (nSPS) is 12.3. The molecule has 2 aromatic carbocycles. The number of nitrogens with zero attached hydrogens (tertiary/aromatic N) is 1. The summed E-state index contributed by atoms with van der Waals surface area (Å²) in [5, 5.41) is 4.44. The van der Waals surface area contributed by atoms with Crippen molar-refractivity contribution in [3.8, 4) is 10.6 Å². The molecule has 3 aromatic rings. The molecule has 3 rings (SSSR count). The molecule has 0 spiro atoms. The third kappa shape index (κ3) is 2.91. The van der Waals surface area contributed by atoms with Crippen LogP contribution in [0.25, 0.3) is 20.8 Å². The summed E-state index contributed by atoms with van der Waals surface area (Å²) in [6.07, 6.45) is 0. The number of hydrogen-bond acceptors (Lipinski definition) is 4. The van der Waals surface area contributed by atoms with Crippen LogP contribution in [0.1, 0.15) is 6.92 Å². The highest BCUT2D eigenvalue weighted by Gasteiger charge is 2.12. The fourth-order valence-electron chi connectivity index (χ4n) is 2.07. The Balaban J connectivity index is 1.92. The van der Waals surface area contributed by atoms with E-state index in [9.17, 15) is 4.79 Å². The first-order valence-corrected chi connectivity index (χ1v) is 7.95. The first kappa shape index (κ1) is 14.8. The summed E-state index contributed by atoms with van der Waals surface area (Å²) in [6, 6.07) is 13.1. The second-order valence-electron chi connectivity index (χ2n) is 4.95. The monoisotopic (exact) mass is 331 g/mol. The van der Waals surface area contributed by atoms with Gasteiger partial charge in [-0.1, -0.05) is 23.7 Å². The van der Waals surface area contributed by atoms with E-state index in [-0.39, 0.29) is 0 Å². The molecule has 1 heterocycles. The Kier molecular flexibility index (Phi) is 4.00. The Morgan fingerprint density at radius 2 is 2.09 bits per heavy atom. The third-order valence-electron chi connectivity index (χ3n) is 3.31. The zero-order valence-electron chi connectivity index (χ0n) is 11.8. The van der Waals surface area contributed by atoms with Crippen LogP contribution in [-0.4, -0.2) is 16.9 Å². The smallest absolute Gasteiger partial charge is 0.239 e. The van der Waals surface area contributed by atoms with E-state index in [2.05, 4.69) is 10.3 Å². The number of anilines is 1. The molecular formula is C16H14ClN3OS. The highest BCUT2D eigenvalue weighted by molar-refractivity contribution is 7.21. The van der Waals surface area contributed by atoms with Gasteiger partial charge in [-0.3, -0.25) is 4.79 Å². The van der Waals surface area contributed by atoms with Gasteiger partial charge in [0.25, 0.3) is 0 Å². The number of aromatic nitrogens is 1. The lowest BCUT2D eigenvalue weighted by Crippen LogP contribution is -2.32. The van der Waals surface area contributed by atoms with Crippen molar-refractivity contribution in [1.82, 2.24) is 4.98 Å². The number of thiazole rings is 1. The molecule has 0 radical (unpaired) electrons. The first-order valence-electron chi connectivity index (χ1n) is 6.76. The van der Waals surface area contributed by atoms with Crippen LogP contribution in [0.4, 0.5) is 5.69 Å². The van der Waals surface area contributed by atoms with Crippen LogP contribution in [-0.2, 0) is 4.79 Å². The molecule has 22 heavy (non-hydrogen) atoms. The van der Waals surface area contributed by atoms with Gasteiger partial charge in [-0.2, -0.15) is 0 Å². The molecule has 1 aromatic heterocycles. The number of rotatable bonds is 4. The van der Waals surface area contributed by atoms with Gasteiger partial charge >= 0.3 is 0 Å². The highest BCUT2D eigenvalue weighted by Crippen LogP contribution is 2.33. The maximum Gasteiger partial charge on any atom is 0.239 e. The van der Waals surface area contributed by atoms with Gasteiger partial charge < -0.3 is 11.1 Å². The molecule has 1 atom stereocenters. The van der Waals surface area contributed by atoms with Crippen molar-refractivity contribution in [2.24, 2.45) is 5.73 Å². The first-order chi connectivity index (χ1) is 10.5. The molecular weight excluding hydrogens is 318 g/mol. The van der Waals surface area contributed by atoms with Gasteiger partial charge in [-0.25, -0.2) is 4.98 Å². The Labute approximate surface area is 136 Å². The zero-order chi connectivity index (χ0) is 15.7. The van der Waals surface area contributed by atoms with Crippen molar-refractivity contribution < 1.29 is 4.79 Å². The molecule has 0 saturated heterocycles. The largest absolute Gasteiger partial charge is 0.373 e. The molecule has 112 valence electrons. The third-order valence-corrected chi connectivity index (χ3v) is 4.71. The Morgan fingerprint density at radius 1 is 1.32 bits per heavy atom. The highest BCUT2D eigenvalue weighted by atomic mass is 35.5. The minimum absolute atomic E-state index is 0.425. The molecule has 3 N–H and O–H groups in total. The fraction of sp³-hybridized carbons (Fsp3) is 0.125. The van der Waals surface area contributed by atoms with Crippen LogP contribution in [0.2, 0.25) is 5.02 Å². The summed E-state index contributed by atoms with van der Waals surface area (Å²) in [5.74, 6) is -0.425. The number of carbonyl (C=O) groups is 1. The Bertz CT molecular complexity index is 813. The molecule has 0 aliphatic carbocycles. The van der Waals surface area contributed by atoms with Crippen molar-refractivity contribution in [3.05, 3.63) is 47.5 Å². The van der Waals surface area contributed by atoms with Gasteiger partial charge in [0.1, 0.15) is 11.0 Å². The quantitative estimate of drug-likeness (QED) is 0.761. The van der Waals surface area contributed by atoms with Gasteiger partial charge in [0, 0.05) is 5.56 Å². The van der Waals surface area contributed by atoms with E-state index < -0.39 is 11.9 Å². The summed E-state index contributed by atoms with van der Waals surface area (Å²) >= 11 is 7.91. The van der Waals surface area contributed by atoms with Crippen molar-refractivity contribution in [1.29, 1.82) is 0 Å². The van der Waals surface area contributed by atoms with Gasteiger partial charge in [-0.05, 0) is 37.3 Å². The second-order valence-corrected chi connectivity index (χ2v) is 6.39. The number of nitrogens with two attached hydrogens (primary N) is 1. The molecule has 0 aliphatic heterocycles. The van der Waals surface area contributed by atoms with Crippen LogP contribution in [0.3, 0.4) is 0 Å². The van der Waals surface area contributed by atoms with Gasteiger partial charge in [-0.15, -0.1) is 11.3 Å². The van der Waals surface area contributed by atoms with Crippen molar-refractivity contribution in [2.45, 2.75) is 13.0 Å². The number of para-hydroxylation sites is 1. The molecule has 0 fully saturated rings. The van der Waals surface area contributed by atoms with E-state index in [0.29, 0.717) is 10.7 Å². The second kappa shape index (κ2) is 5.94. The number of fused-ring (bicyclic) bond motifs is 1. The summed E-state index contributed by atoms with van der Waals surface area (Å²) in [4.78, 5) is 15.7. The average Bonchev–Trinajstić information content (AvgIpc) is 2.93. The van der Waals surface area contributed by atoms with Crippen LogP contribution >= 0.6 is 22.9 Å². The van der Waals surface area contributed by atoms with Gasteiger partial charge in [0.15, 0.2) is 0 Å². The molecule has 4 nitrogen and oxygen atoms in total. The lowest BCUT2D eigenvalue weighted by atomic mass is 10.2. The number of primary amides is 1. The molecule has 1 amide bonds. The fourth-order valence-corrected chi connectivity index (χ4v) is 3.26. The number of carbonyl (C=O) groups excluding carboxylic acids is 1. The topological polar surface area (TPSA) is 68.0 Å². The average molecular weight is 332 g/mol. The van der Waals surface area contributed by atoms with Crippen molar-refractivity contribution >= 4 is 44.7 Å². The van der Waals surface area contributed by atoms with E-state index >= 15 is 0 Å². The minimum Gasteiger partial charge on any atom is -0.373 e. The van der Waals surface area contributed by atoms with E-state index in [4.69, 9.17) is 17.3 Å². The number of hydrogen-bond donors (Lipinski definition) is 2. The standard InChI is InChI=1S/C16H14ClN3OS/c1-9(15(18)21)19-12-7-6-10(8-11(12)17)16-20-13-4-2-3-5-14(13)22-16/h2-9,19H,1H3,(H2,18,21). The van der Waals surface area contributed by atoms with Crippen LogP contribution in [0, 0.1) is 0 Å². The molecule has 1 unspecified atom stereocenters. The SMILES string of the molecule is CC(Nc1ccc(-c2nc3ccccc3s2)cc1Cl)C(N)=O. The van der Waals surface area contributed by atoms with Crippen LogP contribution in [0.5, 0.6) is 0 Å². The van der Waals surface area contributed by atoms with E-state index in [1.165, 1.54) is 0 Å². The Morgan fingerprint density at radius 3 is 2.77 bits per heavy atom.